The number of hydrogen-bond donors (Lipinski definition) is 1. The van der Waals surface area contributed by atoms with Crippen LogP contribution in [0.15, 0.2) is 47.1 Å². The summed E-state index contributed by atoms with van der Waals surface area (Å²) in [6.07, 6.45) is 1.92. The monoisotopic (exact) mass is 316 g/mol. The van der Waals surface area contributed by atoms with Gasteiger partial charge in [0.15, 0.2) is 5.65 Å². The van der Waals surface area contributed by atoms with Crippen molar-refractivity contribution >= 4 is 27.5 Å². The number of fused-ring (bicyclic) bond motifs is 1. The minimum atomic E-state index is 0.647. The van der Waals surface area contributed by atoms with Gasteiger partial charge in [0.25, 0.3) is 0 Å². The molecule has 0 spiro atoms. The van der Waals surface area contributed by atoms with E-state index in [0.717, 1.165) is 10.1 Å². The molecule has 0 bridgehead atoms. The fourth-order valence-corrected chi connectivity index (χ4v) is 2.11. The van der Waals surface area contributed by atoms with Crippen LogP contribution in [0, 0.1) is 6.92 Å². The van der Waals surface area contributed by atoms with Gasteiger partial charge < -0.3 is 5.32 Å². The van der Waals surface area contributed by atoms with Crippen LogP contribution in [0.2, 0.25) is 0 Å². The van der Waals surface area contributed by atoms with Crippen molar-refractivity contribution in [3.05, 3.63) is 58.2 Å². The molecule has 3 rings (SSSR count). The minimum absolute atomic E-state index is 0.647. The van der Waals surface area contributed by atoms with E-state index in [2.05, 4.69) is 43.5 Å². The van der Waals surface area contributed by atoms with Crippen LogP contribution in [0.25, 0.3) is 5.65 Å². The standard InChI is InChI=1S/C14H13BrN4/c1-10-6-7-19-13(8-10)17-14(18-19)16-9-11-2-4-12(15)5-3-11/h2-8H,9H2,1H3,(H,16,18). The van der Waals surface area contributed by atoms with Crippen molar-refractivity contribution in [1.82, 2.24) is 14.6 Å². The molecule has 2 aromatic heterocycles. The zero-order chi connectivity index (χ0) is 13.2. The molecule has 0 fully saturated rings. The molecule has 0 aliphatic carbocycles. The van der Waals surface area contributed by atoms with E-state index in [-0.39, 0.29) is 0 Å². The van der Waals surface area contributed by atoms with Gasteiger partial charge in [0, 0.05) is 17.2 Å². The molecule has 0 aliphatic heterocycles. The third kappa shape index (κ3) is 2.76. The lowest BCUT2D eigenvalue weighted by atomic mass is 10.2. The summed E-state index contributed by atoms with van der Waals surface area (Å²) in [5.74, 6) is 0.647. The highest BCUT2D eigenvalue weighted by Crippen LogP contribution is 2.12. The highest BCUT2D eigenvalue weighted by atomic mass is 79.9. The van der Waals surface area contributed by atoms with Crippen LogP contribution in [0.4, 0.5) is 5.95 Å². The van der Waals surface area contributed by atoms with E-state index in [1.54, 1.807) is 4.52 Å². The lowest BCUT2D eigenvalue weighted by Gasteiger charge is -2.01. The van der Waals surface area contributed by atoms with Crippen LogP contribution in [0.1, 0.15) is 11.1 Å². The molecule has 4 nitrogen and oxygen atoms in total. The summed E-state index contributed by atoms with van der Waals surface area (Å²) in [5, 5.41) is 7.60. The van der Waals surface area contributed by atoms with Crippen molar-refractivity contribution < 1.29 is 0 Å². The van der Waals surface area contributed by atoms with E-state index in [1.807, 2.05) is 37.4 Å². The number of halogens is 1. The third-order valence-electron chi connectivity index (χ3n) is 2.86. The number of pyridine rings is 1. The number of rotatable bonds is 3. The smallest absolute Gasteiger partial charge is 0.243 e. The van der Waals surface area contributed by atoms with Crippen LogP contribution in [0.5, 0.6) is 0 Å². The fraction of sp³-hybridized carbons (Fsp3) is 0.143. The molecule has 2 heterocycles. The molecule has 0 saturated heterocycles. The molecule has 0 saturated carbocycles. The number of aromatic nitrogens is 3. The summed E-state index contributed by atoms with van der Waals surface area (Å²) in [5.41, 5.74) is 3.23. The molecule has 19 heavy (non-hydrogen) atoms. The zero-order valence-electron chi connectivity index (χ0n) is 10.5. The first kappa shape index (κ1) is 12.2. The molecule has 0 amide bonds. The Hall–Kier alpha value is -1.88. The Morgan fingerprint density at radius 1 is 1.21 bits per heavy atom. The maximum absolute atomic E-state index is 4.44. The molecular weight excluding hydrogens is 304 g/mol. The quantitative estimate of drug-likeness (QED) is 0.805. The number of nitrogens with zero attached hydrogens (tertiary/aromatic N) is 3. The average molecular weight is 317 g/mol. The molecule has 0 atom stereocenters. The van der Waals surface area contributed by atoms with Gasteiger partial charge in [-0.25, -0.2) is 4.52 Å². The molecule has 0 unspecified atom stereocenters. The maximum atomic E-state index is 4.44. The second-order valence-corrected chi connectivity index (χ2v) is 5.34. The van der Waals surface area contributed by atoms with E-state index >= 15 is 0 Å². The average Bonchev–Trinajstić information content (AvgIpc) is 2.80. The molecule has 3 aromatic rings. The number of hydrogen-bond acceptors (Lipinski definition) is 3. The molecule has 96 valence electrons. The Morgan fingerprint density at radius 3 is 2.79 bits per heavy atom. The molecule has 5 heteroatoms. The molecule has 0 aliphatic rings. The Morgan fingerprint density at radius 2 is 2.00 bits per heavy atom. The first-order valence-corrected chi connectivity index (χ1v) is 6.81. The summed E-state index contributed by atoms with van der Waals surface area (Å²) in [6, 6.07) is 12.2. The normalized spacial score (nSPS) is 10.8. The summed E-state index contributed by atoms with van der Waals surface area (Å²) < 4.78 is 2.86. The van der Waals surface area contributed by atoms with Crippen molar-refractivity contribution in [3.63, 3.8) is 0 Å². The summed E-state index contributed by atoms with van der Waals surface area (Å²) >= 11 is 3.42. The number of benzene rings is 1. The van der Waals surface area contributed by atoms with Crippen LogP contribution >= 0.6 is 15.9 Å². The van der Waals surface area contributed by atoms with Crippen molar-refractivity contribution in [3.8, 4) is 0 Å². The predicted molar refractivity (Wildman–Crippen MR) is 79.2 cm³/mol. The molecular formula is C14H13BrN4. The highest BCUT2D eigenvalue weighted by molar-refractivity contribution is 9.10. The SMILES string of the molecule is Cc1ccn2nc(NCc3ccc(Br)cc3)nc2c1. The summed E-state index contributed by atoms with van der Waals surface area (Å²) in [4.78, 5) is 4.44. The van der Waals surface area contributed by atoms with Gasteiger partial charge >= 0.3 is 0 Å². The number of aryl methyl sites for hydroxylation is 1. The van der Waals surface area contributed by atoms with Crippen molar-refractivity contribution in [2.24, 2.45) is 0 Å². The molecule has 1 N–H and O–H groups in total. The fourth-order valence-electron chi connectivity index (χ4n) is 1.84. The van der Waals surface area contributed by atoms with Crippen molar-refractivity contribution in [1.29, 1.82) is 0 Å². The highest BCUT2D eigenvalue weighted by Gasteiger charge is 2.03. The van der Waals surface area contributed by atoms with Gasteiger partial charge in [-0.1, -0.05) is 28.1 Å². The Labute approximate surface area is 119 Å². The minimum Gasteiger partial charge on any atom is -0.349 e. The van der Waals surface area contributed by atoms with Crippen LogP contribution < -0.4 is 5.32 Å². The Balaban J connectivity index is 1.76. The maximum Gasteiger partial charge on any atom is 0.243 e. The summed E-state index contributed by atoms with van der Waals surface area (Å²) in [6.45, 7) is 2.76. The zero-order valence-corrected chi connectivity index (χ0v) is 12.1. The van der Waals surface area contributed by atoms with E-state index in [0.29, 0.717) is 12.5 Å². The second-order valence-electron chi connectivity index (χ2n) is 4.42. The van der Waals surface area contributed by atoms with E-state index in [4.69, 9.17) is 0 Å². The van der Waals surface area contributed by atoms with Crippen LogP contribution in [-0.2, 0) is 6.54 Å². The van der Waals surface area contributed by atoms with Gasteiger partial charge in [-0.2, -0.15) is 4.98 Å². The van der Waals surface area contributed by atoms with Crippen molar-refractivity contribution in [2.45, 2.75) is 13.5 Å². The number of nitrogens with one attached hydrogen (secondary N) is 1. The van der Waals surface area contributed by atoms with Crippen LogP contribution in [-0.4, -0.2) is 14.6 Å². The Kier molecular flexibility index (Phi) is 3.21. The number of anilines is 1. The lowest BCUT2D eigenvalue weighted by Crippen LogP contribution is -2.00. The van der Waals surface area contributed by atoms with Gasteiger partial charge in [-0.05, 0) is 42.3 Å². The Bertz CT molecular complexity index is 703. The largest absolute Gasteiger partial charge is 0.349 e. The third-order valence-corrected chi connectivity index (χ3v) is 3.39. The second kappa shape index (κ2) is 5.01. The van der Waals surface area contributed by atoms with Gasteiger partial charge in [0.05, 0.1) is 0 Å². The van der Waals surface area contributed by atoms with Gasteiger partial charge in [0.1, 0.15) is 0 Å². The first-order valence-electron chi connectivity index (χ1n) is 6.02. The van der Waals surface area contributed by atoms with Gasteiger partial charge in [-0.3, -0.25) is 0 Å². The van der Waals surface area contributed by atoms with E-state index < -0.39 is 0 Å². The van der Waals surface area contributed by atoms with Crippen molar-refractivity contribution in [2.75, 3.05) is 5.32 Å². The summed E-state index contributed by atoms with van der Waals surface area (Å²) in [7, 11) is 0. The van der Waals surface area contributed by atoms with E-state index in [1.165, 1.54) is 11.1 Å². The lowest BCUT2D eigenvalue weighted by molar-refractivity contribution is 0.947. The predicted octanol–water partition coefficient (Wildman–Crippen LogP) is 3.41. The van der Waals surface area contributed by atoms with Gasteiger partial charge in [-0.15, -0.1) is 5.10 Å². The topological polar surface area (TPSA) is 42.2 Å². The first-order chi connectivity index (χ1) is 9.20. The van der Waals surface area contributed by atoms with Crippen LogP contribution in [0.3, 0.4) is 0 Å². The van der Waals surface area contributed by atoms with Gasteiger partial charge in [0.2, 0.25) is 5.95 Å². The van der Waals surface area contributed by atoms with E-state index in [9.17, 15) is 0 Å². The molecule has 1 aromatic carbocycles. The molecule has 0 radical (unpaired) electrons.